The van der Waals surface area contributed by atoms with E-state index in [9.17, 15) is 4.79 Å². The average molecular weight is 296 g/mol. The molecule has 1 saturated carbocycles. The summed E-state index contributed by atoms with van der Waals surface area (Å²) in [6.07, 6.45) is 3.20. The Labute approximate surface area is 123 Å². The third kappa shape index (κ3) is 2.57. The van der Waals surface area contributed by atoms with E-state index in [0.717, 1.165) is 19.3 Å². The molecule has 2 unspecified atom stereocenters. The third-order valence-electron chi connectivity index (χ3n) is 3.98. The van der Waals surface area contributed by atoms with Crippen molar-refractivity contribution in [3.8, 4) is 11.5 Å². The fraction of sp³-hybridized carbons (Fsp3) is 0.533. The molecule has 1 fully saturated rings. The smallest absolute Gasteiger partial charge is 0.255 e. The van der Waals surface area contributed by atoms with Crippen molar-refractivity contribution in [2.24, 2.45) is 5.92 Å². The molecule has 1 aliphatic heterocycles. The van der Waals surface area contributed by atoms with Gasteiger partial charge in [-0.2, -0.15) is 0 Å². The molecule has 2 aliphatic rings. The van der Waals surface area contributed by atoms with Gasteiger partial charge in [0, 0.05) is 11.9 Å². The van der Waals surface area contributed by atoms with Crippen molar-refractivity contribution in [3.05, 3.63) is 23.8 Å². The normalized spacial score (nSPS) is 24.4. The molecule has 5 heteroatoms. The van der Waals surface area contributed by atoms with E-state index in [1.54, 1.807) is 6.07 Å². The number of carbonyl (C=O) groups excluding carboxylic acids is 1. The molecule has 3 rings (SSSR count). The van der Waals surface area contributed by atoms with Gasteiger partial charge >= 0.3 is 0 Å². The van der Waals surface area contributed by atoms with Crippen LogP contribution in [0.25, 0.3) is 0 Å². The van der Waals surface area contributed by atoms with Gasteiger partial charge in [-0.05, 0) is 30.9 Å². The number of hydrogen-bond acceptors (Lipinski definition) is 3. The molecular weight excluding hydrogens is 278 g/mol. The summed E-state index contributed by atoms with van der Waals surface area (Å²) in [6, 6.07) is 5.58. The van der Waals surface area contributed by atoms with Gasteiger partial charge in [0.1, 0.15) is 13.2 Å². The number of amides is 1. The van der Waals surface area contributed by atoms with Crippen molar-refractivity contribution in [1.29, 1.82) is 0 Å². The third-order valence-corrected chi connectivity index (χ3v) is 4.38. The average Bonchev–Trinajstić information content (AvgIpc) is 2.93. The lowest BCUT2D eigenvalue weighted by molar-refractivity contribution is 0.0919. The first kappa shape index (κ1) is 13.6. The van der Waals surface area contributed by atoms with Crippen LogP contribution in [0.1, 0.15) is 29.6 Å². The summed E-state index contributed by atoms with van der Waals surface area (Å²) >= 11 is 5.95. The summed E-state index contributed by atoms with van der Waals surface area (Å²) in [7, 11) is 0. The van der Waals surface area contributed by atoms with Crippen molar-refractivity contribution in [2.45, 2.75) is 25.3 Å². The Balaban J connectivity index is 1.77. The molecule has 1 aliphatic carbocycles. The summed E-state index contributed by atoms with van der Waals surface area (Å²) in [5, 5.41) is 3.09. The predicted octanol–water partition coefficient (Wildman–Crippen LogP) is 2.60. The number of halogens is 1. The number of hydrogen-bond donors (Lipinski definition) is 1. The number of benzene rings is 1. The van der Waals surface area contributed by atoms with Crippen LogP contribution in [0.3, 0.4) is 0 Å². The highest BCUT2D eigenvalue weighted by molar-refractivity contribution is 6.18. The van der Waals surface area contributed by atoms with Crippen molar-refractivity contribution in [3.63, 3.8) is 0 Å². The monoisotopic (exact) mass is 295 g/mol. The van der Waals surface area contributed by atoms with Gasteiger partial charge in [-0.25, -0.2) is 0 Å². The zero-order chi connectivity index (χ0) is 13.9. The maximum Gasteiger partial charge on any atom is 0.255 e. The summed E-state index contributed by atoms with van der Waals surface area (Å²) in [6.45, 7) is 1.00. The van der Waals surface area contributed by atoms with Gasteiger partial charge in [-0.1, -0.05) is 12.5 Å². The van der Waals surface area contributed by atoms with Crippen molar-refractivity contribution in [1.82, 2.24) is 5.32 Å². The molecular formula is C15H18ClNO3. The standard InChI is InChI=1S/C15H18ClNO3/c16-9-10-3-1-5-12(10)17-15(18)11-4-2-6-13-14(11)20-8-7-19-13/h2,4,6,10,12H,1,3,5,7-9H2,(H,17,18). The van der Waals surface area contributed by atoms with Crippen LogP contribution >= 0.6 is 11.6 Å². The predicted molar refractivity (Wildman–Crippen MR) is 76.7 cm³/mol. The second-order valence-corrected chi connectivity index (χ2v) is 5.56. The van der Waals surface area contributed by atoms with Gasteiger partial charge in [-0.15, -0.1) is 11.6 Å². The molecule has 1 heterocycles. The van der Waals surface area contributed by atoms with Crippen LogP contribution < -0.4 is 14.8 Å². The first-order chi connectivity index (χ1) is 9.79. The minimum atomic E-state index is -0.102. The first-order valence-corrected chi connectivity index (χ1v) is 7.58. The molecule has 0 saturated heterocycles. The van der Waals surface area contributed by atoms with E-state index in [2.05, 4.69) is 5.32 Å². The van der Waals surface area contributed by atoms with E-state index in [4.69, 9.17) is 21.1 Å². The first-order valence-electron chi connectivity index (χ1n) is 7.05. The van der Waals surface area contributed by atoms with Crippen molar-refractivity contribution in [2.75, 3.05) is 19.1 Å². The quantitative estimate of drug-likeness (QED) is 0.872. The topological polar surface area (TPSA) is 47.6 Å². The zero-order valence-corrected chi connectivity index (χ0v) is 12.0. The molecule has 1 aromatic rings. The van der Waals surface area contributed by atoms with Gasteiger partial charge in [0.15, 0.2) is 11.5 Å². The van der Waals surface area contributed by atoms with Crippen LogP contribution in [0.15, 0.2) is 18.2 Å². The summed E-state index contributed by atoms with van der Waals surface area (Å²) < 4.78 is 11.1. The van der Waals surface area contributed by atoms with Crippen LogP contribution in [-0.2, 0) is 0 Å². The van der Waals surface area contributed by atoms with E-state index in [0.29, 0.717) is 42.1 Å². The lowest BCUT2D eigenvalue weighted by atomic mass is 10.1. The van der Waals surface area contributed by atoms with Gasteiger partial charge in [0.2, 0.25) is 0 Å². The number of rotatable bonds is 3. The highest BCUT2D eigenvalue weighted by Crippen LogP contribution is 2.34. The van der Waals surface area contributed by atoms with Gasteiger partial charge in [0.05, 0.1) is 5.56 Å². The summed E-state index contributed by atoms with van der Waals surface area (Å²) in [5.74, 6) is 2.06. The Morgan fingerprint density at radius 1 is 1.30 bits per heavy atom. The molecule has 1 aromatic carbocycles. The molecule has 2 atom stereocenters. The SMILES string of the molecule is O=C(NC1CCCC1CCl)c1cccc2c1OCCO2. The highest BCUT2D eigenvalue weighted by Gasteiger charge is 2.29. The largest absolute Gasteiger partial charge is 0.486 e. The fourth-order valence-corrected chi connectivity index (χ4v) is 3.28. The Bertz CT molecular complexity index is 506. The Hall–Kier alpha value is -1.42. The highest BCUT2D eigenvalue weighted by atomic mass is 35.5. The minimum Gasteiger partial charge on any atom is -0.486 e. The van der Waals surface area contributed by atoms with Crippen LogP contribution in [0.2, 0.25) is 0 Å². The van der Waals surface area contributed by atoms with Gasteiger partial charge < -0.3 is 14.8 Å². The van der Waals surface area contributed by atoms with E-state index >= 15 is 0 Å². The minimum absolute atomic E-state index is 0.102. The number of nitrogens with one attached hydrogen (secondary N) is 1. The molecule has 108 valence electrons. The summed E-state index contributed by atoms with van der Waals surface area (Å²) in [5.41, 5.74) is 0.544. The molecule has 0 radical (unpaired) electrons. The maximum atomic E-state index is 12.4. The van der Waals surface area contributed by atoms with E-state index < -0.39 is 0 Å². The Kier molecular flexibility index (Phi) is 4.01. The molecule has 1 N–H and O–H groups in total. The Morgan fingerprint density at radius 2 is 2.15 bits per heavy atom. The van der Waals surface area contributed by atoms with Crippen molar-refractivity contribution < 1.29 is 14.3 Å². The fourth-order valence-electron chi connectivity index (χ4n) is 2.91. The molecule has 20 heavy (non-hydrogen) atoms. The van der Waals surface area contributed by atoms with Gasteiger partial charge in [-0.3, -0.25) is 4.79 Å². The Morgan fingerprint density at radius 3 is 3.00 bits per heavy atom. The second kappa shape index (κ2) is 5.92. The van der Waals surface area contributed by atoms with E-state index in [1.807, 2.05) is 12.1 Å². The number of para-hydroxylation sites is 1. The van der Waals surface area contributed by atoms with Crippen molar-refractivity contribution >= 4 is 17.5 Å². The molecule has 1 amide bonds. The molecule has 4 nitrogen and oxygen atoms in total. The lowest BCUT2D eigenvalue weighted by Gasteiger charge is -2.23. The number of carbonyl (C=O) groups is 1. The number of ether oxygens (including phenoxy) is 2. The van der Waals surface area contributed by atoms with E-state index in [-0.39, 0.29) is 11.9 Å². The molecule has 0 spiro atoms. The molecule has 0 aromatic heterocycles. The summed E-state index contributed by atoms with van der Waals surface area (Å²) in [4.78, 5) is 12.4. The molecule has 0 bridgehead atoms. The van der Waals surface area contributed by atoms with Gasteiger partial charge in [0.25, 0.3) is 5.91 Å². The van der Waals surface area contributed by atoms with Crippen LogP contribution in [0.5, 0.6) is 11.5 Å². The number of alkyl halides is 1. The van der Waals surface area contributed by atoms with Crippen LogP contribution in [0, 0.1) is 5.92 Å². The lowest BCUT2D eigenvalue weighted by Crippen LogP contribution is -2.38. The van der Waals surface area contributed by atoms with Crippen LogP contribution in [0.4, 0.5) is 0 Å². The zero-order valence-electron chi connectivity index (χ0n) is 11.2. The second-order valence-electron chi connectivity index (χ2n) is 5.25. The van der Waals surface area contributed by atoms with E-state index in [1.165, 1.54) is 0 Å². The number of fused-ring (bicyclic) bond motifs is 1. The van der Waals surface area contributed by atoms with Crippen LogP contribution in [-0.4, -0.2) is 31.0 Å². The maximum absolute atomic E-state index is 12.4.